The van der Waals surface area contributed by atoms with Gasteiger partial charge in [-0.1, -0.05) is 62.4 Å². The number of pyridine rings is 1. The quantitative estimate of drug-likeness (QED) is 0.219. The van der Waals surface area contributed by atoms with Crippen molar-refractivity contribution in [2.45, 2.75) is 44.9 Å². The summed E-state index contributed by atoms with van der Waals surface area (Å²) in [6.07, 6.45) is 17.8. The van der Waals surface area contributed by atoms with Crippen LogP contribution in [0.4, 0.5) is 0 Å². The Labute approximate surface area is 239 Å². The van der Waals surface area contributed by atoms with Gasteiger partial charge < -0.3 is 9.13 Å². The molecule has 0 unspecified atom stereocenters. The van der Waals surface area contributed by atoms with Gasteiger partial charge in [-0.3, -0.25) is 4.98 Å². The second-order valence-electron chi connectivity index (χ2n) is 12.3. The third kappa shape index (κ3) is 3.06. The molecule has 0 saturated heterocycles. The number of aromatic nitrogens is 3. The van der Waals surface area contributed by atoms with Crippen molar-refractivity contribution in [3.63, 3.8) is 0 Å². The molecule has 0 fully saturated rings. The van der Waals surface area contributed by atoms with Gasteiger partial charge in [-0.2, -0.15) is 0 Å². The van der Waals surface area contributed by atoms with Crippen LogP contribution in [-0.2, 0) is 11.8 Å². The summed E-state index contributed by atoms with van der Waals surface area (Å²) >= 11 is 0. The standard InChI is InChI=1S/C38H31N3/c1-38(2)31-13-8-12-28-30-23-39-20-19-35(30)41(37(28)31)36-18-16-25(22-32(36)38)24-15-17-34-29(21-24)27-11-6-7-14-33(27)40(34)26-9-4-3-5-10-26/h4,6-7,9-11,13-23H,3,5,8,12H2,1-2H3. The van der Waals surface area contributed by atoms with Gasteiger partial charge in [-0.25, -0.2) is 0 Å². The van der Waals surface area contributed by atoms with Crippen LogP contribution in [0.1, 0.15) is 49.9 Å². The van der Waals surface area contributed by atoms with E-state index in [1.54, 1.807) is 0 Å². The number of benzene rings is 3. The minimum Gasteiger partial charge on any atom is -0.310 e. The van der Waals surface area contributed by atoms with Crippen LogP contribution in [0.3, 0.4) is 0 Å². The molecule has 0 amide bonds. The highest BCUT2D eigenvalue weighted by molar-refractivity contribution is 6.11. The fraction of sp³-hybridized carbons (Fsp3) is 0.184. The first-order valence-corrected chi connectivity index (χ1v) is 14.8. The molecule has 0 saturated carbocycles. The van der Waals surface area contributed by atoms with Gasteiger partial charge in [0, 0.05) is 39.7 Å². The second kappa shape index (κ2) is 8.20. The maximum absolute atomic E-state index is 4.50. The van der Waals surface area contributed by atoms with Gasteiger partial charge in [0.15, 0.2) is 0 Å². The molecule has 6 aromatic rings. The predicted molar refractivity (Wildman–Crippen MR) is 171 cm³/mol. The van der Waals surface area contributed by atoms with E-state index in [9.17, 15) is 0 Å². The minimum absolute atomic E-state index is 0.0851. The normalized spacial score (nSPS) is 17.0. The van der Waals surface area contributed by atoms with Crippen molar-refractivity contribution in [1.29, 1.82) is 0 Å². The van der Waals surface area contributed by atoms with Crippen molar-refractivity contribution in [2.24, 2.45) is 0 Å². The SMILES string of the molecule is CC1(C)C2=CCCc3c2n(c2ccncc32)-c2ccc(-c3ccc4c(c3)c3ccccc3n4C3=CCCC=C3)cc21. The number of rotatable bonds is 2. The maximum atomic E-state index is 4.50. The van der Waals surface area contributed by atoms with E-state index in [0.29, 0.717) is 0 Å². The average molecular weight is 530 g/mol. The van der Waals surface area contributed by atoms with Crippen molar-refractivity contribution < 1.29 is 0 Å². The first-order chi connectivity index (χ1) is 20.1. The van der Waals surface area contributed by atoms with Crippen LogP contribution < -0.4 is 0 Å². The van der Waals surface area contributed by atoms with E-state index in [1.807, 2.05) is 6.20 Å². The van der Waals surface area contributed by atoms with Gasteiger partial charge in [0.1, 0.15) is 0 Å². The largest absolute Gasteiger partial charge is 0.310 e. The minimum atomic E-state index is -0.0851. The van der Waals surface area contributed by atoms with Crippen LogP contribution in [0.5, 0.6) is 0 Å². The number of hydrogen-bond acceptors (Lipinski definition) is 1. The highest BCUT2D eigenvalue weighted by Crippen LogP contribution is 2.52. The van der Waals surface area contributed by atoms with Crippen molar-refractivity contribution >= 4 is 44.0 Å². The van der Waals surface area contributed by atoms with Crippen LogP contribution in [-0.4, -0.2) is 14.1 Å². The molecule has 0 bridgehead atoms. The fourth-order valence-corrected chi connectivity index (χ4v) is 7.74. The predicted octanol–water partition coefficient (Wildman–Crippen LogP) is 9.61. The number of fused-ring (bicyclic) bond motifs is 8. The van der Waals surface area contributed by atoms with Crippen LogP contribution in [0.25, 0.3) is 60.8 Å². The lowest BCUT2D eigenvalue weighted by atomic mass is 9.70. The summed E-state index contributed by atoms with van der Waals surface area (Å²) in [5, 5.41) is 3.91. The molecular formula is C38H31N3. The lowest BCUT2D eigenvalue weighted by molar-refractivity contribution is 0.654. The molecule has 198 valence electrons. The Bertz CT molecular complexity index is 2180. The molecule has 2 aliphatic carbocycles. The molecule has 9 rings (SSSR count). The zero-order valence-electron chi connectivity index (χ0n) is 23.5. The van der Waals surface area contributed by atoms with E-state index in [0.717, 1.165) is 25.7 Å². The molecule has 0 spiro atoms. The van der Waals surface area contributed by atoms with Gasteiger partial charge >= 0.3 is 0 Å². The molecule has 4 heterocycles. The summed E-state index contributed by atoms with van der Waals surface area (Å²) in [4.78, 5) is 4.50. The summed E-state index contributed by atoms with van der Waals surface area (Å²) in [5.41, 5.74) is 14.5. The fourth-order valence-electron chi connectivity index (χ4n) is 7.74. The first-order valence-electron chi connectivity index (χ1n) is 14.8. The van der Waals surface area contributed by atoms with Crippen LogP contribution in [0.2, 0.25) is 0 Å². The lowest BCUT2D eigenvalue weighted by Crippen LogP contribution is -2.29. The van der Waals surface area contributed by atoms with E-state index in [-0.39, 0.29) is 5.41 Å². The number of allylic oxidation sites excluding steroid dienone is 6. The topological polar surface area (TPSA) is 22.8 Å². The van der Waals surface area contributed by atoms with E-state index in [4.69, 9.17) is 0 Å². The third-order valence-electron chi connectivity index (χ3n) is 9.70. The van der Waals surface area contributed by atoms with Crippen molar-refractivity contribution in [3.8, 4) is 16.8 Å². The zero-order chi connectivity index (χ0) is 27.3. The molecule has 0 radical (unpaired) electrons. The maximum Gasteiger partial charge on any atom is 0.0568 e. The molecule has 0 atom stereocenters. The summed E-state index contributed by atoms with van der Waals surface area (Å²) in [6.45, 7) is 4.80. The lowest BCUT2D eigenvalue weighted by Gasteiger charge is -2.39. The summed E-state index contributed by atoms with van der Waals surface area (Å²) < 4.78 is 4.94. The van der Waals surface area contributed by atoms with E-state index < -0.39 is 0 Å². The number of para-hydroxylation sites is 1. The van der Waals surface area contributed by atoms with E-state index >= 15 is 0 Å². The molecule has 3 nitrogen and oxygen atoms in total. The summed E-state index contributed by atoms with van der Waals surface area (Å²) in [5.74, 6) is 0. The van der Waals surface area contributed by atoms with Crippen molar-refractivity contribution in [3.05, 3.63) is 120 Å². The monoisotopic (exact) mass is 529 g/mol. The zero-order valence-corrected chi connectivity index (χ0v) is 23.5. The Hall–Kier alpha value is -4.63. The van der Waals surface area contributed by atoms with Gasteiger partial charge in [0.2, 0.25) is 0 Å². The second-order valence-corrected chi connectivity index (χ2v) is 12.3. The van der Waals surface area contributed by atoms with Crippen molar-refractivity contribution in [2.75, 3.05) is 0 Å². The molecular weight excluding hydrogens is 498 g/mol. The number of aryl methyl sites for hydroxylation is 1. The average Bonchev–Trinajstić information content (AvgIpc) is 3.53. The Kier molecular flexibility index (Phi) is 4.62. The molecule has 41 heavy (non-hydrogen) atoms. The van der Waals surface area contributed by atoms with Gasteiger partial charge in [0.25, 0.3) is 0 Å². The van der Waals surface area contributed by atoms with Crippen LogP contribution >= 0.6 is 0 Å². The highest BCUT2D eigenvalue weighted by Gasteiger charge is 2.39. The first kappa shape index (κ1) is 23.1. The Balaban J connectivity index is 1.27. The van der Waals surface area contributed by atoms with Gasteiger partial charge in [0.05, 0.1) is 27.9 Å². The van der Waals surface area contributed by atoms with Crippen molar-refractivity contribution in [1.82, 2.24) is 14.1 Å². The smallest absolute Gasteiger partial charge is 0.0568 e. The molecule has 3 aromatic heterocycles. The summed E-state index contributed by atoms with van der Waals surface area (Å²) in [7, 11) is 0. The highest BCUT2D eigenvalue weighted by atomic mass is 15.0. The number of hydrogen-bond donors (Lipinski definition) is 0. The molecule has 3 aliphatic rings. The number of nitrogens with zero attached hydrogens (tertiary/aromatic N) is 3. The van der Waals surface area contributed by atoms with Crippen LogP contribution in [0.15, 0.2) is 103 Å². The molecule has 3 heteroatoms. The Morgan fingerprint density at radius 1 is 0.732 bits per heavy atom. The van der Waals surface area contributed by atoms with Crippen LogP contribution in [0, 0.1) is 0 Å². The Morgan fingerprint density at radius 2 is 1.56 bits per heavy atom. The molecule has 1 aliphatic heterocycles. The molecule has 0 N–H and O–H groups in total. The van der Waals surface area contributed by atoms with E-state index in [1.165, 1.54) is 77.6 Å². The van der Waals surface area contributed by atoms with E-state index in [2.05, 4.69) is 125 Å². The Morgan fingerprint density at radius 3 is 2.46 bits per heavy atom. The third-order valence-corrected chi connectivity index (χ3v) is 9.70. The van der Waals surface area contributed by atoms with Gasteiger partial charge in [-0.05, 0) is 96.0 Å². The molecule has 3 aromatic carbocycles. The van der Waals surface area contributed by atoms with Gasteiger partial charge in [-0.15, -0.1) is 0 Å². The summed E-state index contributed by atoms with van der Waals surface area (Å²) in [6, 6.07) is 25.2.